The molecule has 0 atom stereocenters. The Bertz CT molecular complexity index is 630. The topological polar surface area (TPSA) is 9.23 Å². The van der Waals surface area contributed by atoms with Gasteiger partial charge in [-0.3, -0.25) is 0 Å². The Hall–Kier alpha value is -1.28. The Morgan fingerprint density at radius 1 is 1.20 bits per heavy atom. The quantitative estimate of drug-likeness (QED) is 0.683. The third-order valence-electron chi connectivity index (χ3n) is 4.01. The summed E-state index contributed by atoms with van der Waals surface area (Å²) in [7, 11) is 0. The van der Waals surface area contributed by atoms with Crippen molar-refractivity contribution in [2.75, 3.05) is 6.61 Å². The average molecular weight is 286 g/mol. The molecule has 0 spiro atoms. The molecule has 1 aromatic carbocycles. The first-order chi connectivity index (χ1) is 9.29. The van der Waals surface area contributed by atoms with Crippen molar-refractivity contribution in [1.82, 2.24) is 0 Å². The Morgan fingerprint density at radius 3 is 2.55 bits per heavy atom. The van der Waals surface area contributed by atoms with Crippen LogP contribution in [0.1, 0.15) is 45.7 Å². The highest BCUT2D eigenvalue weighted by molar-refractivity contribution is 7.13. The fraction of sp³-hybridized carbons (Fsp3) is 0.444. The summed E-state index contributed by atoms with van der Waals surface area (Å²) in [6.07, 6.45) is 0. The maximum atomic E-state index is 6.05. The van der Waals surface area contributed by atoms with Crippen LogP contribution in [0.15, 0.2) is 29.6 Å². The molecule has 0 bridgehead atoms. The van der Waals surface area contributed by atoms with E-state index in [4.69, 9.17) is 4.74 Å². The number of rotatable bonds is 1. The Labute approximate surface area is 125 Å². The summed E-state index contributed by atoms with van der Waals surface area (Å²) in [6.45, 7) is 12.1. The first-order valence-corrected chi connectivity index (χ1v) is 8.03. The molecule has 1 aromatic heterocycles. The van der Waals surface area contributed by atoms with Gasteiger partial charge in [-0.1, -0.05) is 40.7 Å². The van der Waals surface area contributed by atoms with Crippen LogP contribution in [-0.4, -0.2) is 6.61 Å². The first-order valence-electron chi connectivity index (χ1n) is 7.15. The zero-order valence-corrected chi connectivity index (χ0v) is 13.7. The SMILES string of the molecule is CC(C)(C)c1cc(-c2cccs2)cc2c1OCC2(C)C. The van der Waals surface area contributed by atoms with Crippen molar-refractivity contribution in [2.45, 2.75) is 45.4 Å². The number of benzene rings is 1. The van der Waals surface area contributed by atoms with E-state index in [1.54, 1.807) is 11.3 Å². The monoisotopic (exact) mass is 286 g/mol. The Kier molecular flexibility index (Phi) is 2.98. The molecule has 1 aliphatic rings. The van der Waals surface area contributed by atoms with Crippen molar-refractivity contribution in [1.29, 1.82) is 0 Å². The third kappa shape index (κ3) is 2.16. The molecule has 106 valence electrons. The predicted octanol–water partition coefficient (Wildman–Crippen LogP) is 5.38. The summed E-state index contributed by atoms with van der Waals surface area (Å²) in [5.41, 5.74) is 4.19. The zero-order chi connectivity index (χ0) is 14.5. The predicted molar refractivity (Wildman–Crippen MR) is 87.0 cm³/mol. The summed E-state index contributed by atoms with van der Waals surface area (Å²) >= 11 is 1.80. The van der Waals surface area contributed by atoms with Crippen molar-refractivity contribution in [3.8, 4) is 16.2 Å². The molecule has 20 heavy (non-hydrogen) atoms. The van der Waals surface area contributed by atoms with Crippen molar-refractivity contribution in [2.24, 2.45) is 0 Å². The van der Waals surface area contributed by atoms with E-state index in [0.717, 1.165) is 12.4 Å². The van der Waals surface area contributed by atoms with E-state index in [2.05, 4.69) is 64.3 Å². The highest BCUT2D eigenvalue weighted by atomic mass is 32.1. The lowest BCUT2D eigenvalue weighted by Crippen LogP contribution is -2.18. The van der Waals surface area contributed by atoms with Crippen LogP contribution in [0.4, 0.5) is 0 Å². The summed E-state index contributed by atoms with van der Waals surface area (Å²) in [6, 6.07) is 8.95. The molecule has 0 saturated carbocycles. The van der Waals surface area contributed by atoms with Gasteiger partial charge >= 0.3 is 0 Å². The van der Waals surface area contributed by atoms with Gasteiger partial charge in [0.25, 0.3) is 0 Å². The molecule has 0 unspecified atom stereocenters. The van der Waals surface area contributed by atoms with Gasteiger partial charge in [0.15, 0.2) is 0 Å². The fourth-order valence-electron chi connectivity index (χ4n) is 2.76. The van der Waals surface area contributed by atoms with E-state index in [9.17, 15) is 0 Å². The van der Waals surface area contributed by atoms with Gasteiger partial charge in [-0.2, -0.15) is 0 Å². The first kappa shape index (κ1) is 13.7. The van der Waals surface area contributed by atoms with E-state index in [1.807, 2.05) is 0 Å². The number of fused-ring (bicyclic) bond motifs is 1. The Balaban J connectivity index is 2.26. The molecule has 2 aromatic rings. The van der Waals surface area contributed by atoms with Crippen molar-refractivity contribution in [3.63, 3.8) is 0 Å². The molecule has 2 heterocycles. The molecule has 0 N–H and O–H groups in total. The van der Waals surface area contributed by atoms with Crippen molar-refractivity contribution >= 4 is 11.3 Å². The van der Waals surface area contributed by atoms with Crippen LogP contribution in [0.25, 0.3) is 10.4 Å². The highest BCUT2D eigenvalue weighted by Crippen LogP contribution is 2.47. The number of thiophene rings is 1. The molecule has 0 saturated heterocycles. The van der Waals surface area contributed by atoms with Crippen LogP contribution in [-0.2, 0) is 10.8 Å². The highest BCUT2D eigenvalue weighted by Gasteiger charge is 2.36. The largest absolute Gasteiger partial charge is 0.492 e. The van der Waals surface area contributed by atoms with Gasteiger partial charge in [-0.25, -0.2) is 0 Å². The second kappa shape index (κ2) is 4.36. The van der Waals surface area contributed by atoms with Crippen LogP contribution in [0, 0.1) is 0 Å². The number of ether oxygens (including phenoxy) is 1. The maximum Gasteiger partial charge on any atom is 0.126 e. The van der Waals surface area contributed by atoms with Crippen LogP contribution < -0.4 is 4.74 Å². The van der Waals surface area contributed by atoms with Gasteiger partial charge in [0.05, 0.1) is 6.61 Å². The molecule has 2 heteroatoms. The minimum atomic E-state index is 0.0950. The van der Waals surface area contributed by atoms with Crippen molar-refractivity contribution < 1.29 is 4.74 Å². The molecular weight excluding hydrogens is 264 g/mol. The lowest BCUT2D eigenvalue weighted by molar-refractivity contribution is 0.286. The van der Waals surface area contributed by atoms with Crippen LogP contribution >= 0.6 is 11.3 Å². The fourth-order valence-corrected chi connectivity index (χ4v) is 3.47. The zero-order valence-electron chi connectivity index (χ0n) is 12.9. The smallest absolute Gasteiger partial charge is 0.126 e. The van der Waals surface area contributed by atoms with Gasteiger partial charge < -0.3 is 4.74 Å². The van der Waals surface area contributed by atoms with E-state index in [-0.39, 0.29) is 10.8 Å². The molecule has 0 amide bonds. The van der Waals surface area contributed by atoms with Gasteiger partial charge in [-0.15, -0.1) is 11.3 Å². The average Bonchev–Trinajstić information content (AvgIpc) is 2.96. The number of hydrogen-bond donors (Lipinski definition) is 0. The molecule has 0 aliphatic carbocycles. The minimum absolute atomic E-state index is 0.0950. The van der Waals surface area contributed by atoms with E-state index in [1.165, 1.54) is 21.6 Å². The second-order valence-corrected chi connectivity index (χ2v) is 8.25. The summed E-state index contributed by atoms with van der Waals surface area (Å²) in [5, 5.41) is 2.14. The molecular formula is C18H22OS. The van der Waals surface area contributed by atoms with Crippen LogP contribution in [0.5, 0.6) is 5.75 Å². The van der Waals surface area contributed by atoms with Crippen LogP contribution in [0.2, 0.25) is 0 Å². The minimum Gasteiger partial charge on any atom is -0.492 e. The second-order valence-electron chi connectivity index (χ2n) is 7.30. The van der Waals surface area contributed by atoms with Crippen molar-refractivity contribution in [3.05, 3.63) is 40.8 Å². The summed E-state index contributed by atoms with van der Waals surface area (Å²) < 4.78 is 6.05. The van der Waals surface area contributed by atoms with Gasteiger partial charge in [0.1, 0.15) is 5.75 Å². The molecule has 3 rings (SSSR count). The van der Waals surface area contributed by atoms with E-state index >= 15 is 0 Å². The maximum absolute atomic E-state index is 6.05. The van der Waals surface area contributed by atoms with Gasteiger partial charge in [0.2, 0.25) is 0 Å². The van der Waals surface area contributed by atoms with E-state index in [0.29, 0.717) is 0 Å². The normalized spacial score (nSPS) is 16.9. The third-order valence-corrected chi connectivity index (χ3v) is 4.93. The van der Waals surface area contributed by atoms with Crippen LogP contribution in [0.3, 0.4) is 0 Å². The summed E-state index contributed by atoms with van der Waals surface area (Å²) in [4.78, 5) is 1.33. The van der Waals surface area contributed by atoms with Gasteiger partial charge in [-0.05, 0) is 34.6 Å². The number of hydrogen-bond acceptors (Lipinski definition) is 2. The molecule has 0 fully saturated rings. The molecule has 1 nitrogen and oxygen atoms in total. The standard InChI is InChI=1S/C18H22OS/c1-17(2,3)13-9-12(15-7-6-8-20-15)10-14-16(13)19-11-18(14,4)5/h6-10H,11H2,1-5H3. The van der Waals surface area contributed by atoms with E-state index < -0.39 is 0 Å². The molecule has 0 radical (unpaired) electrons. The van der Waals surface area contributed by atoms with Gasteiger partial charge in [0, 0.05) is 21.4 Å². The lowest BCUT2D eigenvalue weighted by atomic mass is 9.79. The Morgan fingerprint density at radius 2 is 1.95 bits per heavy atom. The molecule has 1 aliphatic heterocycles. The lowest BCUT2D eigenvalue weighted by Gasteiger charge is -2.24. The summed E-state index contributed by atoms with van der Waals surface area (Å²) in [5.74, 6) is 1.11.